The Kier molecular flexibility index (Phi) is 2.84. The Morgan fingerprint density at radius 2 is 2.50 bits per heavy atom. The molecule has 1 unspecified atom stereocenters. The molecule has 0 bridgehead atoms. The van der Waals surface area contributed by atoms with Crippen LogP contribution in [0, 0.1) is 5.92 Å². The van der Waals surface area contributed by atoms with E-state index in [-0.39, 0.29) is 5.92 Å². The second-order valence-corrected chi connectivity index (χ2v) is 4.52. The van der Waals surface area contributed by atoms with Gasteiger partial charge in [-0.3, -0.25) is 0 Å². The quantitative estimate of drug-likeness (QED) is 0.813. The van der Waals surface area contributed by atoms with Crippen LogP contribution in [0.25, 0.3) is 0 Å². The lowest BCUT2D eigenvalue weighted by Gasteiger charge is -2.11. The van der Waals surface area contributed by atoms with Gasteiger partial charge in [-0.15, -0.1) is 11.3 Å². The summed E-state index contributed by atoms with van der Waals surface area (Å²) in [5, 5.41) is 10.9. The molecule has 4 heteroatoms. The molecule has 1 aromatic heterocycles. The normalized spacial score (nSPS) is 18.0. The third kappa shape index (κ3) is 2.33. The van der Waals surface area contributed by atoms with Crippen LogP contribution >= 0.6 is 11.3 Å². The maximum absolute atomic E-state index is 10.8. The summed E-state index contributed by atoms with van der Waals surface area (Å²) >= 11 is 1.59. The Balaban J connectivity index is 1.85. The predicted molar refractivity (Wildman–Crippen MR) is 53.3 cm³/mol. The van der Waals surface area contributed by atoms with Crippen molar-refractivity contribution in [3.05, 3.63) is 22.4 Å². The highest BCUT2D eigenvalue weighted by Crippen LogP contribution is 2.35. The first kappa shape index (κ1) is 9.68. The van der Waals surface area contributed by atoms with E-state index >= 15 is 0 Å². The van der Waals surface area contributed by atoms with Crippen LogP contribution in [-0.4, -0.2) is 17.2 Å². The van der Waals surface area contributed by atoms with Crippen LogP contribution in [0.4, 0.5) is 0 Å². The van der Waals surface area contributed by atoms with Gasteiger partial charge in [0.05, 0.1) is 6.61 Å². The number of rotatable bonds is 5. The van der Waals surface area contributed by atoms with Gasteiger partial charge in [0, 0.05) is 4.88 Å². The Morgan fingerprint density at radius 1 is 1.71 bits per heavy atom. The van der Waals surface area contributed by atoms with Crippen molar-refractivity contribution < 1.29 is 14.6 Å². The van der Waals surface area contributed by atoms with Gasteiger partial charge >= 0.3 is 5.97 Å². The molecule has 0 spiro atoms. The first-order valence-corrected chi connectivity index (χ1v) is 5.52. The van der Waals surface area contributed by atoms with Crippen LogP contribution in [0.5, 0.6) is 0 Å². The summed E-state index contributed by atoms with van der Waals surface area (Å²) in [7, 11) is 0. The highest BCUT2D eigenvalue weighted by molar-refractivity contribution is 7.09. The van der Waals surface area contributed by atoms with E-state index < -0.39 is 12.1 Å². The number of carbonyl (C=O) groups is 1. The van der Waals surface area contributed by atoms with Gasteiger partial charge in [-0.1, -0.05) is 6.07 Å². The second kappa shape index (κ2) is 4.11. The predicted octanol–water partition coefficient (Wildman–Crippen LogP) is 2.13. The van der Waals surface area contributed by atoms with Gasteiger partial charge < -0.3 is 9.84 Å². The summed E-state index contributed by atoms with van der Waals surface area (Å²) in [5.41, 5.74) is 0. The van der Waals surface area contributed by atoms with Crippen molar-refractivity contribution >= 4 is 17.3 Å². The van der Waals surface area contributed by atoms with Gasteiger partial charge in [0.1, 0.15) is 0 Å². The zero-order valence-electron chi connectivity index (χ0n) is 7.68. The van der Waals surface area contributed by atoms with Gasteiger partial charge in [-0.25, -0.2) is 4.79 Å². The maximum Gasteiger partial charge on any atom is 0.333 e. The van der Waals surface area contributed by atoms with E-state index in [9.17, 15) is 4.79 Å². The van der Waals surface area contributed by atoms with Crippen molar-refractivity contribution in [2.75, 3.05) is 0 Å². The Bertz CT molecular complexity index is 303. The first-order chi connectivity index (χ1) is 6.77. The van der Waals surface area contributed by atoms with Crippen LogP contribution < -0.4 is 0 Å². The van der Waals surface area contributed by atoms with Crippen molar-refractivity contribution in [1.82, 2.24) is 0 Å². The lowest BCUT2D eigenvalue weighted by molar-refractivity contribution is -0.152. The summed E-state index contributed by atoms with van der Waals surface area (Å²) in [6.45, 7) is 0.422. The van der Waals surface area contributed by atoms with Crippen molar-refractivity contribution in [2.45, 2.75) is 25.6 Å². The number of hydrogen-bond acceptors (Lipinski definition) is 3. The van der Waals surface area contributed by atoms with Crippen molar-refractivity contribution in [2.24, 2.45) is 5.92 Å². The minimum absolute atomic E-state index is 0.243. The number of carboxylic acids is 1. The standard InChI is InChI=1S/C10H12O3S/c11-10(12)9(7-3-4-7)13-6-8-2-1-5-14-8/h1-2,5,7,9H,3-4,6H2,(H,11,12). The third-order valence-electron chi connectivity index (χ3n) is 2.28. The molecule has 1 atom stereocenters. The monoisotopic (exact) mass is 212 g/mol. The summed E-state index contributed by atoms with van der Waals surface area (Å²) < 4.78 is 5.38. The highest BCUT2D eigenvalue weighted by atomic mass is 32.1. The number of aliphatic carboxylic acids is 1. The third-order valence-corrected chi connectivity index (χ3v) is 3.13. The zero-order valence-corrected chi connectivity index (χ0v) is 8.50. The molecule has 0 aromatic carbocycles. The van der Waals surface area contributed by atoms with Crippen LogP contribution in [0.3, 0.4) is 0 Å². The number of carboxylic acid groups (broad SMARTS) is 1. The number of ether oxygens (including phenoxy) is 1. The lowest BCUT2D eigenvalue weighted by Crippen LogP contribution is -2.25. The van der Waals surface area contributed by atoms with Gasteiger partial charge in [-0.2, -0.15) is 0 Å². The average Bonchev–Trinajstić information content (AvgIpc) is 2.82. The molecule has 1 fully saturated rings. The van der Waals surface area contributed by atoms with Crippen molar-refractivity contribution in [3.8, 4) is 0 Å². The molecule has 1 aromatic rings. The molecule has 1 aliphatic carbocycles. The minimum Gasteiger partial charge on any atom is -0.479 e. The molecule has 14 heavy (non-hydrogen) atoms. The summed E-state index contributed by atoms with van der Waals surface area (Å²) in [5.74, 6) is -0.587. The van der Waals surface area contributed by atoms with Crippen LogP contribution in [0.2, 0.25) is 0 Å². The summed E-state index contributed by atoms with van der Waals surface area (Å²) in [6, 6.07) is 3.90. The minimum atomic E-state index is -0.830. The van der Waals surface area contributed by atoms with Crippen LogP contribution in [0.1, 0.15) is 17.7 Å². The van der Waals surface area contributed by atoms with Crippen LogP contribution in [0.15, 0.2) is 17.5 Å². The van der Waals surface area contributed by atoms with Gasteiger partial charge in [0.2, 0.25) is 0 Å². The van der Waals surface area contributed by atoms with Crippen molar-refractivity contribution in [3.63, 3.8) is 0 Å². The molecule has 1 heterocycles. The van der Waals surface area contributed by atoms with Crippen LogP contribution in [-0.2, 0) is 16.1 Å². The fourth-order valence-corrected chi connectivity index (χ4v) is 2.00. The molecule has 76 valence electrons. The zero-order chi connectivity index (χ0) is 9.97. The number of hydrogen-bond donors (Lipinski definition) is 1. The molecule has 0 aliphatic heterocycles. The molecular formula is C10H12O3S. The van der Waals surface area contributed by atoms with Gasteiger partial charge in [0.25, 0.3) is 0 Å². The van der Waals surface area contributed by atoms with Crippen molar-refractivity contribution in [1.29, 1.82) is 0 Å². The Morgan fingerprint density at radius 3 is 3.00 bits per heavy atom. The van der Waals surface area contributed by atoms with E-state index in [1.165, 1.54) is 0 Å². The molecule has 0 radical (unpaired) electrons. The van der Waals surface area contributed by atoms with E-state index in [1.54, 1.807) is 11.3 Å². The van der Waals surface area contributed by atoms with E-state index in [0.717, 1.165) is 17.7 Å². The maximum atomic E-state index is 10.8. The summed E-state index contributed by atoms with van der Waals surface area (Å²) in [4.78, 5) is 11.9. The lowest BCUT2D eigenvalue weighted by atomic mass is 10.2. The van der Waals surface area contributed by atoms with Gasteiger partial charge in [0.15, 0.2) is 6.10 Å². The second-order valence-electron chi connectivity index (χ2n) is 3.49. The van der Waals surface area contributed by atoms with E-state index in [2.05, 4.69) is 0 Å². The molecule has 2 rings (SSSR count). The molecule has 3 nitrogen and oxygen atoms in total. The average molecular weight is 212 g/mol. The molecule has 0 amide bonds. The largest absolute Gasteiger partial charge is 0.479 e. The Labute approximate surface area is 86.3 Å². The van der Waals surface area contributed by atoms with E-state index in [4.69, 9.17) is 9.84 Å². The molecule has 1 N–H and O–H groups in total. The SMILES string of the molecule is O=C(O)C(OCc1cccs1)C1CC1. The van der Waals surface area contributed by atoms with Gasteiger partial charge in [-0.05, 0) is 30.2 Å². The fraction of sp³-hybridized carbons (Fsp3) is 0.500. The molecule has 1 saturated carbocycles. The van der Waals surface area contributed by atoms with E-state index in [0.29, 0.717) is 6.61 Å². The topological polar surface area (TPSA) is 46.5 Å². The van der Waals surface area contributed by atoms with E-state index in [1.807, 2.05) is 17.5 Å². The first-order valence-electron chi connectivity index (χ1n) is 4.64. The molecule has 0 saturated heterocycles. The highest BCUT2D eigenvalue weighted by Gasteiger charge is 2.37. The molecular weight excluding hydrogens is 200 g/mol. The summed E-state index contributed by atoms with van der Waals surface area (Å²) in [6.07, 6.45) is 1.38. The number of thiophene rings is 1. The molecule has 1 aliphatic rings. The fourth-order valence-electron chi connectivity index (χ4n) is 1.37. The smallest absolute Gasteiger partial charge is 0.333 e. The Hall–Kier alpha value is -0.870.